The Kier molecular flexibility index (Phi) is 4.10. The number of hydrogen-bond donors (Lipinski definition) is 1. The predicted octanol–water partition coefficient (Wildman–Crippen LogP) is 3.42. The monoisotopic (exact) mass is 273 g/mol. The highest BCUT2D eigenvalue weighted by Gasteiger charge is 2.09. The third kappa shape index (κ3) is 3.20. The lowest BCUT2D eigenvalue weighted by Gasteiger charge is -2.10. The molecule has 0 fully saturated rings. The first-order chi connectivity index (χ1) is 9.58. The molecule has 0 spiro atoms. The molecule has 0 atom stereocenters. The molecule has 1 aromatic carbocycles. The summed E-state index contributed by atoms with van der Waals surface area (Å²) in [6, 6.07) is 7.71. The van der Waals surface area contributed by atoms with E-state index in [-0.39, 0.29) is 11.3 Å². The summed E-state index contributed by atoms with van der Waals surface area (Å²) in [5, 5.41) is 8.63. The molecule has 0 amide bonds. The van der Waals surface area contributed by atoms with Crippen LogP contribution >= 0.6 is 0 Å². The Labute approximate surface area is 115 Å². The molecule has 0 aliphatic carbocycles. The van der Waals surface area contributed by atoms with E-state index in [1.54, 1.807) is 31.3 Å². The van der Waals surface area contributed by atoms with Crippen LogP contribution in [0.25, 0.3) is 6.08 Å². The Morgan fingerprint density at radius 2 is 2.05 bits per heavy atom. The fraction of sp³-hybridized carbons (Fsp3) is 0.0667. The summed E-state index contributed by atoms with van der Waals surface area (Å²) in [6.07, 6.45) is 3.65. The van der Waals surface area contributed by atoms with Crippen LogP contribution in [0.3, 0.4) is 0 Å². The summed E-state index contributed by atoms with van der Waals surface area (Å²) in [5.74, 6) is -0.986. The van der Waals surface area contributed by atoms with Crippen molar-refractivity contribution in [1.82, 2.24) is 4.98 Å². The number of aryl methyl sites for hydroxylation is 1. The fourth-order valence-corrected chi connectivity index (χ4v) is 1.62. The van der Waals surface area contributed by atoms with Gasteiger partial charge >= 0.3 is 5.97 Å². The number of benzene rings is 1. The molecule has 2 rings (SSSR count). The first-order valence-corrected chi connectivity index (χ1v) is 5.87. The summed E-state index contributed by atoms with van der Waals surface area (Å²) in [7, 11) is 0. The average Bonchev–Trinajstić information content (AvgIpc) is 2.40. The Morgan fingerprint density at radius 1 is 1.30 bits per heavy atom. The number of hydrogen-bond acceptors (Lipinski definition) is 3. The molecule has 0 saturated heterocycles. The minimum absolute atomic E-state index is 0.0816. The predicted molar refractivity (Wildman–Crippen MR) is 72.1 cm³/mol. The van der Waals surface area contributed by atoms with Gasteiger partial charge in [-0.15, -0.1) is 0 Å². The van der Waals surface area contributed by atoms with Crippen molar-refractivity contribution >= 4 is 12.0 Å². The highest BCUT2D eigenvalue weighted by Crippen LogP contribution is 2.29. The number of carboxylic acids is 1. The fourth-order valence-electron chi connectivity index (χ4n) is 1.62. The van der Waals surface area contributed by atoms with E-state index in [1.807, 2.05) is 0 Å². The van der Waals surface area contributed by atoms with E-state index in [2.05, 4.69) is 4.98 Å². The second-order valence-corrected chi connectivity index (χ2v) is 4.01. The number of aliphatic carboxylic acids is 1. The number of carboxylic acid groups (broad SMARTS) is 1. The van der Waals surface area contributed by atoms with Crippen LogP contribution in [0.2, 0.25) is 0 Å². The maximum atomic E-state index is 13.8. The molecule has 0 unspecified atom stereocenters. The standard InChI is InChI=1S/C15H12FNO3/c1-10-13(6-3-9-17-10)20-14-5-2-4-12(16)11(14)7-8-15(18)19/h2-9H,1H3,(H,18,19)/b8-7+. The van der Waals surface area contributed by atoms with E-state index >= 15 is 0 Å². The zero-order chi connectivity index (χ0) is 14.5. The molecule has 0 aliphatic heterocycles. The molecule has 1 aromatic heterocycles. The Balaban J connectivity index is 2.39. The maximum absolute atomic E-state index is 13.8. The lowest BCUT2D eigenvalue weighted by Crippen LogP contribution is -1.94. The summed E-state index contributed by atoms with van der Waals surface area (Å²) in [4.78, 5) is 14.6. The summed E-state index contributed by atoms with van der Waals surface area (Å²) < 4.78 is 19.4. The molecule has 0 aliphatic rings. The molecule has 4 nitrogen and oxygen atoms in total. The molecule has 0 bridgehead atoms. The molecule has 102 valence electrons. The van der Waals surface area contributed by atoms with Crippen molar-refractivity contribution in [2.75, 3.05) is 0 Å². The van der Waals surface area contributed by atoms with Crippen LogP contribution in [-0.2, 0) is 4.79 Å². The van der Waals surface area contributed by atoms with Crippen LogP contribution in [0, 0.1) is 12.7 Å². The molecule has 0 radical (unpaired) electrons. The minimum atomic E-state index is -1.16. The molecule has 20 heavy (non-hydrogen) atoms. The number of ether oxygens (including phenoxy) is 1. The van der Waals surface area contributed by atoms with Gasteiger partial charge < -0.3 is 9.84 Å². The maximum Gasteiger partial charge on any atom is 0.328 e. The first-order valence-electron chi connectivity index (χ1n) is 5.87. The zero-order valence-corrected chi connectivity index (χ0v) is 10.7. The van der Waals surface area contributed by atoms with Gasteiger partial charge in [0.15, 0.2) is 0 Å². The molecule has 0 saturated carbocycles. The number of halogens is 1. The number of aromatic nitrogens is 1. The van der Waals surface area contributed by atoms with Crippen LogP contribution in [0.4, 0.5) is 4.39 Å². The topological polar surface area (TPSA) is 59.4 Å². The lowest BCUT2D eigenvalue weighted by atomic mass is 10.1. The van der Waals surface area contributed by atoms with Crippen molar-refractivity contribution in [3.63, 3.8) is 0 Å². The Morgan fingerprint density at radius 3 is 2.75 bits per heavy atom. The zero-order valence-electron chi connectivity index (χ0n) is 10.7. The van der Waals surface area contributed by atoms with Gasteiger partial charge in [-0.2, -0.15) is 0 Å². The van der Waals surface area contributed by atoms with Crippen LogP contribution in [0.15, 0.2) is 42.6 Å². The molecule has 1 heterocycles. The largest absolute Gasteiger partial charge is 0.478 e. The summed E-state index contributed by atoms with van der Waals surface area (Å²) >= 11 is 0. The number of nitrogens with zero attached hydrogens (tertiary/aromatic N) is 1. The van der Waals surface area contributed by atoms with Crippen LogP contribution in [-0.4, -0.2) is 16.1 Å². The molecule has 5 heteroatoms. The smallest absolute Gasteiger partial charge is 0.328 e. The minimum Gasteiger partial charge on any atom is -0.478 e. The third-order valence-corrected chi connectivity index (χ3v) is 2.58. The Hall–Kier alpha value is -2.69. The highest BCUT2D eigenvalue weighted by molar-refractivity contribution is 5.86. The molecule has 1 N–H and O–H groups in total. The number of rotatable bonds is 4. The Bertz CT molecular complexity index is 668. The van der Waals surface area contributed by atoms with Gasteiger partial charge in [0.05, 0.1) is 11.3 Å². The van der Waals surface area contributed by atoms with Gasteiger partial charge in [0.1, 0.15) is 17.3 Å². The van der Waals surface area contributed by atoms with Gasteiger partial charge in [0.25, 0.3) is 0 Å². The normalized spacial score (nSPS) is 10.7. The van der Waals surface area contributed by atoms with Crippen LogP contribution < -0.4 is 4.74 Å². The molecular weight excluding hydrogens is 261 g/mol. The van der Waals surface area contributed by atoms with Gasteiger partial charge in [-0.1, -0.05) is 6.07 Å². The van der Waals surface area contributed by atoms with Crippen LogP contribution in [0.5, 0.6) is 11.5 Å². The second kappa shape index (κ2) is 5.97. The van der Waals surface area contributed by atoms with Gasteiger partial charge in [-0.25, -0.2) is 9.18 Å². The number of carbonyl (C=O) groups is 1. The van der Waals surface area contributed by atoms with E-state index in [4.69, 9.17) is 9.84 Å². The van der Waals surface area contributed by atoms with E-state index in [0.29, 0.717) is 11.4 Å². The second-order valence-electron chi connectivity index (χ2n) is 4.01. The SMILES string of the molecule is Cc1ncccc1Oc1cccc(F)c1/C=C/C(=O)O. The number of pyridine rings is 1. The van der Waals surface area contributed by atoms with Crippen molar-refractivity contribution in [3.05, 3.63) is 59.7 Å². The van der Waals surface area contributed by atoms with Crippen molar-refractivity contribution < 1.29 is 19.0 Å². The third-order valence-electron chi connectivity index (χ3n) is 2.58. The highest BCUT2D eigenvalue weighted by atomic mass is 19.1. The van der Waals surface area contributed by atoms with E-state index < -0.39 is 11.8 Å². The van der Waals surface area contributed by atoms with E-state index in [0.717, 1.165) is 6.08 Å². The van der Waals surface area contributed by atoms with Gasteiger partial charge in [0, 0.05) is 12.3 Å². The van der Waals surface area contributed by atoms with Crippen LogP contribution in [0.1, 0.15) is 11.3 Å². The summed E-state index contributed by atoms with van der Waals surface area (Å²) in [6.45, 7) is 1.77. The van der Waals surface area contributed by atoms with Gasteiger partial charge in [-0.3, -0.25) is 4.98 Å². The van der Waals surface area contributed by atoms with Crippen molar-refractivity contribution in [2.24, 2.45) is 0 Å². The van der Waals surface area contributed by atoms with Crippen molar-refractivity contribution in [3.8, 4) is 11.5 Å². The first kappa shape index (κ1) is 13.7. The van der Waals surface area contributed by atoms with Gasteiger partial charge in [-0.05, 0) is 37.3 Å². The quantitative estimate of drug-likeness (QED) is 0.867. The molecular formula is C15H12FNO3. The van der Waals surface area contributed by atoms with E-state index in [9.17, 15) is 9.18 Å². The van der Waals surface area contributed by atoms with E-state index in [1.165, 1.54) is 18.2 Å². The molecule has 2 aromatic rings. The summed E-state index contributed by atoms with van der Waals surface area (Å²) in [5.41, 5.74) is 0.739. The van der Waals surface area contributed by atoms with Crippen molar-refractivity contribution in [1.29, 1.82) is 0 Å². The lowest BCUT2D eigenvalue weighted by molar-refractivity contribution is -0.131. The average molecular weight is 273 g/mol. The van der Waals surface area contributed by atoms with Gasteiger partial charge in [0.2, 0.25) is 0 Å². The van der Waals surface area contributed by atoms with Crippen molar-refractivity contribution in [2.45, 2.75) is 6.92 Å².